The summed E-state index contributed by atoms with van der Waals surface area (Å²) in [7, 11) is 1.65. The van der Waals surface area contributed by atoms with Gasteiger partial charge in [0.25, 0.3) is 0 Å². The molecule has 1 aliphatic rings. The Morgan fingerprint density at radius 3 is 3.06 bits per heavy atom. The lowest BCUT2D eigenvalue weighted by molar-refractivity contribution is 0.306. The fraction of sp³-hybridized carbons (Fsp3) is 0.615. The predicted octanol–water partition coefficient (Wildman–Crippen LogP) is 1.51. The van der Waals surface area contributed by atoms with Crippen LogP contribution < -0.4 is 15.4 Å². The molecule has 4 nitrogen and oxygen atoms in total. The minimum Gasteiger partial charge on any atom is -0.481 e. The number of hydrogen-bond acceptors (Lipinski definition) is 4. The van der Waals surface area contributed by atoms with Crippen LogP contribution in [0.4, 0.5) is 5.82 Å². The Morgan fingerprint density at radius 2 is 2.35 bits per heavy atom. The van der Waals surface area contributed by atoms with Gasteiger partial charge in [0.2, 0.25) is 5.88 Å². The average Bonchev–Trinajstić information content (AvgIpc) is 2.39. The van der Waals surface area contributed by atoms with E-state index in [1.807, 2.05) is 18.2 Å². The van der Waals surface area contributed by atoms with Gasteiger partial charge in [0.15, 0.2) is 0 Å². The van der Waals surface area contributed by atoms with E-state index in [9.17, 15) is 0 Å². The van der Waals surface area contributed by atoms with Crippen LogP contribution in [0.2, 0.25) is 0 Å². The topological polar surface area (TPSA) is 51.4 Å². The molecule has 0 aliphatic carbocycles. The lowest BCUT2D eigenvalue weighted by Gasteiger charge is -2.37. The van der Waals surface area contributed by atoms with Crippen LogP contribution in [0.15, 0.2) is 18.2 Å². The van der Waals surface area contributed by atoms with Crippen LogP contribution in [0, 0.1) is 11.8 Å². The number of piperidine rings is 1. The number of nitrogens with two attached hydrogens (primary N) is 1. The van der Waals surface area contributed by atoms with E-state index in [4.69, 9.17) is 10.5 Å². The Balaban J connectivity index is 2.11. The zero-order chi connectivity index (χ0) is 12.3. The van der Waals surface area contributed by atoms with Gasteiger partial charge in [-0.15, -0.1) is 0 Å². The SMILES string of the molecule is COc1cccc(N2CCC(C)C(CN)C2)n1. The molecule has 0 saturated carbocycles. The smallest absolute Gasteiger partial charge is 0.214 e. The normalized spacial score (nSPS) is 24.8. The lowest BCUT2D eigenvalue weighted by atomic mass is 9.87. The van der Waals surface area contributed by atoms with E-state index in [1.165, 1.54) is 6.42 Å². The molecule has 1 fully saturated rings. The van der Waals surface area contributed by atoms with Crippen LogP contribution in [0.3, 0.4) is 0 Å². The van der Waals surface area contributed by atoms with Gasteiger partial charge in [-0.3, -0.25) is 0 Å². The maximum Gasteiger partial charge on any atom is 0.214 e. The first-order valence-corrected chi connectivity index (χ1v) is 6.20. The Kier molecular flexibility index (Phi) is 3.84. The van der Waals surface area contributed by atoms with E-state index < -0.39 is 0 Å². The van der Waals surface area contributed by atoms with Gasteiger partial charge in [-0.05, 0) is 30.9 Å². The first-order valence-electron chi connectivity index (χ1n) is 6.20. The Hall–Kier alpha value is -1.29. The molecule has 2 rings (SSSR count). The van der Waals surface area contributed by atoms with Gasteiger partial charge in [-0.2, -0.15) is 4.98 Å². The second-order valence-electron chi connectivity index (χ2n) is 4.75. The number of aromatic nitrogens is 1. The third kappa shape index (κ3) is 2.69. The molecule has 1 aliphatic heterocycles. The molecule has 2 atom stereocenters. The van der Waals surface area contributed by atoms with Gasteiger partial charge >= 0.3 is 0 Å². The quantitative estimate of drug-likeness (QED) is 0.863. The molecule has 0 radical (unpaired) electrons. The molecule has 94 valence electrons. The number of pyridine rings is 1. The highest BCUT2D eigenvalue weighted by Crippen LogP contribution is 2.26. The van der Waals surface area contributed by atoms with E-state index in [1.54, 1.807) is 7.11 Å². The van der Waals surface area contributed by atoms with Crippen LogP contribution >= 0.6 is 0 Å². The van der Waals surface area contributed by atoms with Gasteiger partial charge in [0.05, 0.1) is 7.11 Å². The van der Waals surface area contributed by atoms with Crippen LogP contribution in [0.5, 0.6) is 5.88 Å². The zero-order valence-corrected chi connectivity index (χ0v) is 10.6. The van der Waals surface area contributed by atoms with Gasteiger partial charge in [0, 0.05) is 19.2 Å². The molecule has 0 bridgehead atoms. The number of anilines is 1. The summed E-state index contributed by atoms with van der Waals surface area (Å²) in [4.78, 5) is 6.78. The molecule has 1 saturated heterocycles. The van der Waals surface area contributed by atoms with Gasteiger partial charge in [0.1, 0.15) is 5.82 Å². The molecule has 4 heteroatoms. The number of hydrogen-bond donors (Lipinski definition) is 1. The minimum absolute atomic E-state index is 0.566. The van der Waals surface area contributed by atoms with E-state index in [2.05, 4.69) is 16.8 Å². The van der Waals surface area contributed by atoms with Crippen molar-refractivity contribution in [3.63, 3.8) is 0 Å². The van der Waals surface area contributed by atoms with Crippen LogP contribution in [0.1, 0.15) is 13.3 Å². The molecular weight excluding hydrogens is 214 g/mol. The van der Waals surface area contributed by atoms with Crippen molar-refractivity contribution >= 4 is 5.82 Å². The molecule has 1 aromatic rings. The summed E-state index contributed by atoms with van der Waals surface area (Å²) in [5, 5.41) is 0. The van der Waals surface area contributed by atoms with Crippen molar-refractivity contribution in [3.05, 3.63) is 18.2 Å². The fourth-order valence-electron chi connectivity index (χ4n) is 2.36. The van der Waals surface area contributed by atoms with Crippen LogP contribution in [0.25, 0.3) is 0 Å². The number of methoxy groups -OCH3 is 1. The Morgan fingerprint density at radius 1 is 1.53 bits per heavy atom. The van der Waals surface area contributed by atoms with Gasteiger partial charge < -0.3 is 15.4 Å². The van der Waals surface area contributed by atoms with Crippen molar-refractivity contribution in [3.8, 4) is 5.88 Å². The predicted molar refractivity (Wildman–Crippen MR) is 69.3 cm³/mol. The van der Waals surface area contributed by atoms with Crippen LogP contribution in [-0.4, -0.2) is 31.7 Å². The molecule has 2 unspecified atom stereocenters. The van der Waals surface area contributed by atoms with Crippen molar-refractivity contribution in [2.75, 3.05) is 31.6 Å². The Labute approximate surface area is 103 Å². The number of nitrogens with zero attached hydrogens (tertiary/aromatic N) is 2. The van der Waals surface area contributed by atoms with Crippen molar-refractivity contribution in [1.29, 1.82) is 0 Å². The highest BCUT2D eigenvalue weighted by Gasteiger charge is 2.25. The first kappa shape index (κ1) is 12.2. The van der Waals surface area contributed by atoms with Gasteiger partial charge in [-0.25, -0.2) is 0 Å². The first-order chi connectivity index (χ1) is 8.24. The highest BCUT2D eigenvalue weighted by atomic mass is 16.5. The van der Waals surface area contributed by atoms with Crippen molar-refractivity contribution in [1.82, 2.24) is 4.98 Å². The standard InChI is InChI=1S/C13H21N3O/c1-10-6-7-16(9-11(10)8-14)12-4-3-5-13(15-12)17-2/h3-5,10-11H,6-9,14H2,1-2H3. The minimum atomic E-state index is 0.566. The highest BCUT2D eigenvalue weighted by molar-refractivity contribution is 5.41. The molecule has 1 aromatic heterocycles. The summed E-state index contributed by atoms with van der Waals surface area (Å²) < 4.78 is 5.16. The van der Waals surface area contributed by atoms with E-state index in [-0.39, 0.29) is 0 Å². The molecule has 2 heterocycles. The monoisotopic (exact) mass is 235 g/mol. The lowest BCUT2D eigenvalue weighted by Crippen LogP contribution is -2.43. The summed E-state index contributed by atoms with van der Waals surface area (Å²) >= 11 is 0. The summed E-state index contributed by atoms with van der Waals surface area (Å²) in [6.07, 6.45) is 1.18. The molecule has 0 amide bonds. The summed E-state index contributed by atoms with van der Waals surface area (Å²) in [5.74, 6) is 2.94. The second kappa shape index (κ2) is 5.36. The second-order valence-corrected chi connectivity index (χ2v) is 4.75. The zero-order valence-electron chi connectivity index (χ0n) is 10.6. The third-order valence-electron chi connectivity index (χ3n) is 3.66. The summed E-state index contributed by atoms with van der Waals surface area (Å²) in [6, 6.07) is 5.89. The number of ether oxygens (including phenoxy) is 1. The number of rotatable bonds is 3. The van der Waals surface area contributed by atoms with Gasteiger partial charge in [-0.1, -0.05) is 13.0 Å². The van der Waals surface area contributed by atoms with E-state index in [0.717, 1.165) is 25.5 Å². The molecular formula is C13H21N3O. The summed E-state index contributed by atoms with van der Waals surface area (Å²) in [5.41, 5.74) is 5.82. The Bertz CT molecular complexity index is 369. The van der Waals surface area contributed by atoms with Crippen LogP contribution in [-0.2, 0) is 0 Å². The molecule has 2 N–H and O–H groups in total. The molecule has 17 heavy (non-hydrogen) atoms. The van der Waals surface area contributed by atoms with Crippen molar-refractivity contribution in [2.24, 2.45) is 17.6 Å². The third-order valence-corrected chi connectivity index (χ3v) is 3.66. The van der Waals surface area contributed by atoms with Crippen molar-refractivity contribution in [2.45, 2.75) is 13.3 Å². The maximum atomic E-state index is 5.82. The average molecular weight is 235 g/mol. The fourth-order valence-corrected chi connectivity index (χ4v) is 2.36. The van der Waals surface area contributed by atoms with Crippen molar-refractivity contribution < 1.29 is 4.74 Å². The summed E-state index contributed by atoms with van der Waals surface area (Å²) in [6.45, 7) is 5.09. The van der Waals surface area contributed by atoms with E-state index >= 15 is 0 Å². The molecule has 0 aromatic carbocycles. The van der Waals surface area contributed by atoms with E-state index in [0.29, 0.717) is 17.7 Å². The molecule has 0 spiro atoms. The maximum absolute atomic E-state index is 5.82. The largest absolute Gasteiger partial charge is 0.481 e.